The second kappa shape index (κ2) is 6.67. The molecule has 26 heavy (non-hydrogen) atoms. The van der Waals surface area contributed by atoms with E-state index >= 15 is 0 Å². The first-order valence-electron chi connectivity index (χ1n) is 8.53. The predicted molar refractivity (Wildman–Crippen MR) is 92.9 cm³/mol. The van der Waals surface area contributed by atoms with E-state index in [-0.39, 0.29) is 5.92 Å². The van der Waals surface area contributed by atoms with Crippen LogP contribution >= 0.6 is 0 Å². The van der Waals surface area contributed by atoms with Crippen LogP contribution in [0.25, 0.3) is 10.9 Å². The van der Waals surface area contributed by atoms with Crippen molar-refractivity contribution >= 4 is 26.9 Å². The van der Waals surface area contributed by atoms with E-state index in [1.165, 1.54) is 10.6 Å². The number of hydrogen-bond donors (Lipinski definition) is 1. The molecule has 2 fully saturated rings. The van der Waals surface area contributed by atoms with Gasteiger partial charge in [-0.15, -0.1) is 0 Å². The number of nitrogens with zero attached hydrogens (tertiary/aromatic N) is 4. The van der Waals surface area contributed by atoms with Crippen molar-refractivity contribution in [3.05, 3.63) is 30.1 Å². The van der Waals surface area contributed by atoms with E-state index in [9.17, 15) is 17.2 Å². The number of hydrogen-bond acceptors (Lipinski definition) is 5. The van der Waals surface area contributed by atoms with Crippen LogP contribution in [-0.4, -0.2) is 55.4 Å². The van der Waals surface area contributed by atoms with Crippen LogP contribution < -0.4 is 9.62 Å². The zero-order valence-electron chi connectivity index (χ0n) is 14.0. The Kier molecular flexibility index (Phi) is 4.49. The summed E-state index contributed by atoms with van der Waals surface area (Å²) in [6.07, 6.45) is 3.13. The maximum atomic E-state index is 13.7. The van der Waals surface area contributed by atoms with Crippen LogP contribution in [0.2, 0.25) is 0 Å². The molecule has 0 amide bonds. The summed E-state index contributed by atoms with van der Waals surface area (Å²) in [7, 11) is -3.37. The molecule has 0 saturated carbocycles. The second-order valence-electron chi connectivity index (χ2n) is 6.69. The van der Waals surface area contributed by atoms with E-state index in [2.05, 4.69) is 14.7 Å². The Morgan fingerprint density at radius 2 is 2.00 bits per heavy atom. The fraction of sp³-hybridized carbons (Fsp3) is 0.500. The molecule has 1 aromatic heterocycles. The lowest BCUT2D eigenvalue weighted by molar-refractivity contribution is 0.323. The van der Waals surface area contributed by atoms with Gasteiger partial charge in [0, 0.05) is 44.2 Å². The van der Waals surface area contributed by atoms with Gasteiger partial charge in [0.1, 0.15) is 12.1 Å². The number of halogens is 2. The van der Waals surface area contributed by atoms with Gasteiger partial charge in [0.15, 0.2) is 11.6 Å². The highest BCUT2D eigenvalue weighted by molar-refractivity contribution is 7.87. The van der Waals surface area contributed by atoms with Gasteiger partial charge in [-0.1, -0.05) is 0 Å². The predicted octanol–water partition coefficient (Wildman–Crippen LogP) is 1.27. The Hall–Kier alpha value is -1.91. The van der Waals surface area contributed by atoms with E-state index in [0.29, 0.717) is 42.9 Å². The van der Waals surface area contributed by atoms with Crippen LogP contribution in [0.15, 0.2) is 18.5 Å². The molecule has 0 radical (unpaired) electrons. The molecule has 1 unspecified atom stereocenters. The molecular weight excluding hydrogens is 364 g/mol. The molecule has 0 spiro atoms. The normalized spacial score (nSPS) is 23.6. The van der Waals surface area contributed by atoms with Crippen LogP contribution in [0, 0.1) is 17.6 Å². The number of benzene rings is 1. The quantitative estimate of drug-likeness (QED) is 0.864. The van der Waals surface area contributed by atoms with E-state index < -0.39 is 21.8 Å². The Morgan fingerprint density at radius 1 is 1.19 bits per heavy atom. The van der Waals surface area contributed by atoms with E-state index in [4.69, 9.17) is 0 Å². The van der Waals surface area contributed by atoms with Crippen molar-refractivity contribution in [1.29, 1.82) is 0 Å². The van der Waals surface area contributed by atoms with Crippen LogP contribution in [0.3, 0.4) is 0 Å². The van der Waals surface area contributed by atoms with Gasteiger partial charge in [0.25, 0.3) is 10.2 Å². The molecular formula is C16H19F2N5O2S. The number of piperidine rings is 1. The SMILES string of the molecule is O=S1(=O)NCCN1CC1CCCN(c2ncnc3cc(F)c(F)cc23)C1. The molecule has 0 aliphatic carbocycles. The summed E-state index contributed by atoms with van der Waals surface area (Å²) in [4.78, 5) is 10.3. The summed E-state index contributed by atoms with van der Waals surface area (Å²) < 4.78 is 55.0. The monoisotopic (exact) mass is 383 g/mol. The summed E-state index contributed by atoms with van der Waals surface area (Å²) in [5.74, 6) is -1.17. The van der Waals surface area contributed by atoms with Crippen molar-refractivity contribution in [2.75, 3.05) is 37.6 Å². The standard InChI is InChI=1S/C16H19F2N5O2S/c17-13-6-12-15(7-14(13)18)19-10-20-16(12)22-4-1-2-11(8-22)9-23-5-3-21-26(23,24)25/h6-7,10-11,21H,1-5,8-9H2. The average Bonchev–Trinajstić information content (AvgIpc) is 2.94. The molecule has 2 aromatic rings. The molecule has 0 bridgehead atoms. The molecule has 2 saturated heterocycles. The van der Waals surface area contributed by atoms with Crippen molar-refractivity contribution < 1.29 is 17.2 Å². The van der Waals surface area contributed by atoms with Crippen molar-refractivity contribution in [3.63, 3.8) is 0 Å². The fourth-order valence-corrected chi connectivity index (χ4v) is 4.95. The maximum Gasteiger partial charge on any atom is 0.279 e. The molecule has 7 nitrogen and oxygen atoms in total. The first-order valence-corrected chi connectivity index (χ1v) is 9.97. The Bertz CT molecular complexity index is 940. The number of anilines is 1. The van der Waals surface area contributed by atoms with Gasteiger partial charge >= 0.3 is 0 Å². The largest absolute Gasteiger partial charge is 0.356 e. The fourth-order valence-electron chi connectivity index (χ4n) is 3.68. The highest BCUT2D eigenvalue weighted by atomic mass is 32.2. The van der Waals surface area contributed by atoms with Gasteiger partial charge in [-0.2, -0.15) is 12.7 Å². The van der Waals surface area contributed by atoms with Crippen molar-refractivity contribution in [2.24, 2.45) is 5.92 Å². The van der Waals surface area contributed by atoms with Gasteiger partial charge in [0.05, 0.1) is 5.52 Å². The van der Waals surface area contributed by atoms with Crippen molar-refractivity contribution in [1.82, 2.24) is 19.0 Å². The number of fused-ring (bicyclic) bond motifs is 1. The summed E-state index contributed by atoms with van der Waals surface area (Å²) in [5, 5.41) is 0.461. The topological polar surface area (TPSA) is 78.4 Å². The van der Waals surface area contributed by atoms with Gasteiger partial charge in [-0.25, -0.2) is 23.5 Å². The number of aromatic nitrogens is 2. The molecule has 1 N–H and O–H groups in total. The summed E-state index contributed by atoms with van der Waals surface area (Å²) in [5.41, 5.74) is 0.349. The highest BCUT2D eigenvalue weighted by Crippen LogP contribution is 2.29. The summed E-state index contributed by atoms with van der Waals surface area (Å²) in [6, 6.07) is 2.19. The van der Waals surface area contributed by atoms with Crippen molar-refractivity contribution in [2.45, 2.75) is 12.8 Å². The third-order valence-corrected chi connectivity index (χ3v) is 6.50. The molecule has 2 aliphatic rings. The summed E-state index contributed by atoms with van der Waals surface area (Å²) in [6.45, 7) is 2.68. The Balaban J connectivity index is 1.58. The van der Waals surface area contributed by atoms with E-state index in [0.717, 1.165) is 31.5 Å². The third kappa shape index (κ3) is 3.24. The van der Waals surface area contributed by atoms with Gasteiger partial charge in [0.2, 0.25) is 0 Å². The second-order valence-corrected chi connectivity index (χ2v) is 8.45. The molecule has 1 aromatic carbocycles. The molecule has 3 heterocycles. The number of rotatable bonds is 3. The van der Waals surface area contributed by atoms with Gasteiger partial charge in [-0.05, 0) is 24.8 Å². The maximum absolute atomic E-state index is 13.7. The molecule has 1 atom stereocenters. The first kappa shape index (κ1) is 17.5. The average molecular weight is 383 g/mol. The van der Waals surface area contributed by atoms with Crippen molar-refractivity contribution in [3.8, 4) is 0 Å². The Labute approximate surface area is 150 Å². The Morgan fingerprint density at radius 3 is 2.77 bits per heavy atom. The summed E-state index contributed by atoms with van der Waals surface area (Å²) >= 11 is 0. The smallest absolute Gasteiger partial charge is 0.279 e. The highest BCUT2D eigenvalue weighted by Gasteiger charge is 2.32. The molecule has 140 valence electrons. The molecule has 4 rings (SSSR count). The van der Waals surface area contributed by atoms with Crippen LogP contribution in [0.5, 0.6) is 0 Å². The first-order chi connectivity index (χ1) is 12.4. The lowest BCUT2D eigenvalue weighted by Gasteiger charge is -2.35. The van der Waals surface area contributed by atoms with Crippen LogP contribution in [0.4, 0.5) is 14.6 Å². The number of nitrogens with one attached hydrogen (secondary N) is 1. The minimum Gasteiger partial charge on any atom is -0.356 e. The lowest BCUT2D eigenvalue weighted by atomic mass is 9.97. The zero-order valence-corrected chi connectivity index (χ0v) is 14.8. The van der Waals surface area contributed by atoms with Gasteiger partial charge < -0.3 is 4.90 Å². The van der Waals surface area contributed by atoms with Gasteiger partial charge in [-0.3, -0.25) is 0 Å². The van der Waals surface area contributed by atoms with E-state index in [1.807, 2.05) is 4.90 Å². The molecule has 10 heteroatoms. The van der Waals surface area contributed by atoms with Crippen LogP contribution in [-0.2, 0) is 10.2 Å². The third-order valence-electron chi connectivity index (χ3n) is 4.92. The van der Waals surface area contributed by atoms with Crippen LogP contribution in [0.1, 0.15) is 12.8 Å². The minimum atomic E-state index is -3.37. The lowest BCUT2D eigenvalue weighted by Crippen LogP contribution is -2.42. The van der Waals surface area contributed by atoms with E-state index in [1.54, 1.807) is 0 Å². The molecule has 2 aliphatic heterocycles. The minimum absolute atomic E-state index is 0.147. The zero-order chi connectivity index (χ0) is 18.3.